The lowest BCUT2D eigenvalue weighted by Gasteiger charge is -2.29. The molecule has 0 aliphatic heterocycles. The summed E-state index contributed by atoms with van der Waals surface area (Å²) in [5, 5.41) is 3.44. The maximum absolute atomic E-state index is 6.09. The Morgan fingerprint density at radius 1 is 1.31 bits per heavy atom. The smallest absolute Gasteiger partial charge is 0.0928 e. The van der Waals surface area contributed by atoms with Crippen LogP contribution in [0.5, 0.6) is 0 Å². The second-order valence-corrected chi connectivity index (χ2v) is 4.68. The van der Waals surface area contributed by atoms with Crippen LogP contribution in [0.1, 0.15) is 25.7 Å². The van der Waals surface area contributed by atoms with E-state index in [0.29, 0.717) is 18.6 Å². The highest BCUT2D eigenvalue weighted by Crippen LogP contribution is 2.22. The molecule has 3 N–H and O–H groups in total. The van der Waals surface area contributed by atoms with Gasteiger partial charge >= 0.3 is 0 Å². The van der Waals surface area contributed by atoms with Gasteiger partial charge in [-0.25, -0.2) is 0 Å². The van der Waals surface area contributed by atoms with Crippen LogP contribution < -0.4 is 11.1 Å². The number of nitrogens with two attached hydrogens (primary N) is 1. The molecule has 3 unspecified atom stereocenters. The zero-order valence-electron chi connectivity index (χ0n) is 10.6. The molecule has 1 aliphatic carbocycles. The van der Waals surface area contributed by atoms with Crippen LogP contribution in [0.3, 0.4) is 0 Å². The SMILES string of the molecule is COCC(CNCC1CCCCC1N)OC. The predicted molar refractivity (Wildman–Crippen MR) is 65.5 cm³/mol. The van der Waals surface area contributed by atoms with E-state index in [-0.39, 0.29) is 6.10 Å². The van der Waals surface area contributed by atoms with E-state index in [1.165, 1.54) is 25.7 Å². The topological polar surface area (TPSA) is 56.5 Å². The van der Waals surface area contributed by atoms with Crippen LogP contribution in [0.4, 0.5) is 0 Å². The molecular weight excluding hydrogens is 204 g/mol. The summed E-state index contributed by atoms with van der Waals surface area (Å²) < 4.78 is 10.4. The van der Waals surface area contributed by atoms with E-state index in [0.717, 1.165) is 13.1 Å². The first kappa shape index (κ1) is 13.9. The molecule has 0 aromatic heterocycles. The molecule has 96 valence electrons. The first-order valence-electron chi connectivity index (χ1n) is 6.26. The van der Waals surface area contributed by atoms with Crippen molar-refractivity contribution in [2.24, 2.45) is 11.7 Å². The Hall–Kier alpha value is -0.160. The van der Waals surface area contributed by atoms with Crippen LogP contribution in [0.25, 0.3) is 0 Å². The standard InChI is InChI=1S/C12H26N2O2/c1-15-9-11(16-2)8-14-7-10-5-3-4-6-12(10)13/h10-12,14H,3-9,13H2,1-2H3. The molecule has 0 aromatic carbocycles. The van der Waals surface area contributed by atoms with Crippen molar-refractivity contribution >= 4 is 0 Å². The van der Waals surface area contributed by atoms with Crippen molar-refractivity contribution in [3.63, 3.8) is 0 Å². The number of ether oxygens (including phenoxy) is 2. The lowest BCUT2D eigenvalue weighted by Crippen LogP contribution is -2.42. The van der Waals surface area contributed by atoms with Crippen molar-refractivity contribution in [1.29, 1.82) is 0 Å². The minimum absolute atomic E-state index is 0.143. The molecule has 0 bridgehead atoms. The molecule has 16 heavy (non-hydrogen) atoms. The van der Waals surface area contributed by atoms with Crippen LogP contribution in [-0.4, -0.2) is 46.1 Å². The van der Waals surface area contributed by atoms with Gasteiger partial charge in [-0.2, -0.15) is 0 Å². The lowest BCUT2D eigenvalue weighted by atomic mass is 9.85. The maximum Gasteiger partial charge on any atom is 0.0928 e. The summed E-state index contributed by atoms with van der Waals surface area (Å²) in [5.74, 6) is 0.633. The molecule has 1 rings (SSSR count). The minimum Gasteiger partial charge on any atom is -0.382 e. The van der Waals surface area contributed by atoms with Crippen LogP contribution in [-0.2, 0) is 9.47 Å². The highest BCUT2D eigenvalue weighted by atomic mass is 16.5. The van der Waals surface area contributed by atoms with Gasteiger partial charge in [-0.3, -0.25) is 0 Å². The number of methoxy groups -OCH3 is 2. The van der Waals surface area contributed by atoms with Crippen molar-refractivity contribution in [3.8, 4) is 0 Å². The number of hydrogen-bond donors (Lipinski definition) is 2. The van der Waals surface area contributed by atoms with E-state index in [4.69, 9.17) is 15.2 Å². The molecule has 1 saturated carbocycles. The van der Waals surface area contributed by atoms with E-state index in [1.807, 2.05) is 0 Å². The van der Waals surface area contributed by atoms with Crippen LogP contribution in [0.2, 0.25) is 0 Å². The van der Waals surface area contributed by atoms with E-state index in [1.54, 1.807) is 14.2 Å². The Morgan fingerprint density at radius 3 is 2.69 bits per heavy atom. The largest absolute Gasteiger partial charge is 0.382 e. The summed E-state index contributed by atoms with van der Waals surface area (Å²) in [6.07, 6.45) is 5.20. The first-order chi connectivity index (χ1) is 7.77. The average molecular weight is 230 g/mol. The van der Waals surface area contributed by atoms with Gasteiger partial charge in [0.25, 0.3) is 0 Å². The van der Waals surface area contributed by atoms with Crippen molar-refractivity contribution in [2.75, 3.05) is 33.9 Å². The second kappa shape index (κ2) is 8.01. The molecule has 0 radical (unpaired) electrons. The van der Waals surface area contributed by atoms with Crippen molar-refractivity contribution in [2.45, 2.75) is 37.8 Å². The fourth-order valence-corrected chi connectivity index (χ4v) is 2.32. The van der Waals surface area contributed by atoms with Crippen LogP contribution in [0, 0.1) is 5.92 Å². The quantitative estimate of drug-likeness (QED) is 0.678. The molecule has 1 aliphatic rings. The molecule has 4 heteroatoms. The summed E-state index contributed by atoms with van der Waals surface area (Å²) in [7, 11) is 3.42. The monoisotopic (exact) mass is 230 g/mol. The minimum atomic E-state index is 0.143. The Morgan fingerprint density at radius 2 is 2.06 bits per heavy atom. The zero-order chi connectivity index (χ0) is 11.8. The van der Waals surface area contributed by atoms with Gasteiger partial charge in [0.15, 0.2) is 0 Å². The number of hydrogen-bond acceptors (Lipinski definition) is 4. The van der Waals surface area contributed by atoms with Crippen molar-refractivity contribution in [3.05, 3.63) is 0 Å². The third kappa shape index (κ3) is 4.78. The third-order valence-electron chi connectivity index (χ3n) is 3.43. The second-order valence-electron chi connectivity index (χ2n) is 4.68. The summed E-state index contributed by atoms with van der Waals surface area (Å²) >= 11 is 0. The fourth-order valence-electron chi connectivity index (χ4n) is 2.32. The van der Waals surface area contributed by atoms with Gasteiger partial charge in [-0.05, 0) is 25.3 Å². The van der Waals surface area contributed by atoms with Crippen molar-refractivity contribution < 1.29 is 9.47 Å². The van der Waals surface area contributed by atoms with Crippen molar-refractivity contribution in [1.82, 2.24) is 5.32 Å². The number of rotatable bonds is 7. The first-order valence-corrected chi connectivity index (χ1v) is 6.26. The Balaban J connectivity index is 2.13. The number of nitrogens with one attached hydrogen (secondary N) is 1. The van der Waals surface area contributed by atoms with E-state index in [9.17, 15) is 0 Å². The van der Waals surface area contributed by atoms with Gasteiger partial charge in [-0.15, -0.1) is 0 Å². The van der Waals surface area contributed by atoms with Gasteiger partial charge < -0.3 is 20.5 Å². The maximum atomic E-state index is 6.09. The molecule has 0 heterocycles. The summed E-state index contributed by atoms with van der Waals surface area (Å²) in [6.45, 7) is 2.48. The molecule has 4 nitrogen and oxygen atoms in total. The summed E-state index contributed by atoms with van der Waals surface area (Å²) in [6, 6.07) is 0.379. The van der Waals surface area contributed by atoms with Gasteiger partial charge in [0.05, 0.1) is 12.7 Å². The Labute approximate surface area is 98.9 Å². The highest BCUT2D eigenvalue weighted by molar-refractivity contribution is 4.79. The molecule has 0 amide bonds. The average Bonchev–Trinajstić information content (AvgIpc) is 2.30. The summed E-state index contributed by atoms with van der Waals surface area (Å²) in [4.78, 5) is 0. The molecular formula is C12H26N2O2. The molecule has 3 atom stereocenters. The third-order valence-corrected chi connectivity index (χ3v) is 3.43. The Bertz CT molecular complexity index is 178. The lowest BCUT2D eigenvalue weighted by molar-refractivity contribution is 0.0281. The fraction of sp³-hybridized carbons (Fsp3) is 1.00. The zero-order valence-corrected chi connectivity index (χ0v) is 10.6. The highest BCUT2D eigenvalue weighted by Gasteiger charge is 2.21. The Kier molecular flexibility index (Phi) is 6.96. The van der Waals surface area contributed by atoms with E-state index >= 15 is 0 Å². The van der Waals surface area contributed by atoms with E-state index in [2.05, 4.69) is 5.32 Å². The molecule has 0 saturated heterocycles. The van der Waals surface area contributed by atoms with Gasteiger partial charge in [-0.1, -0.05) is 12.8 Å². The van der Waals surface area contributed by atoms with Gasteiger partial charge in [0.2, 0.25) is 0 Å². The molecule has 1 fully saturated rings. The molecule has 0 aromatic rings. The van der Waals surface area contributed by atoms with Crippen LogP contribution >= 0.6 is 0 Å². The van der Waals surface area contributed by atoms with Crippen LogP contribution in [0.15, 0.2) is 0 Å². The van der Waals surface area contributed by atoms with Gasteiger partial charge in [0.1, 0.15) is 0 Å². The van der Waals surface area contributed by atoms with Gasteiger partial charge in [0, 0.05) is 26.8 Å². The summed E-state index contributed by atoms with van der Waals surface area (Å²) in [5.41, 5.74) is 6.09. The van der Waals surface area contributed by atoms with E-state index < -0.39 is 0 Å². The molecule has 0 spiro atoms. The predicted octanol–water partition coefficient (Wildman–Crippen LogP) is 0.755. The normalized spacial score (nSPS) is 27.9.